The first-order chi connectivity index (χ1) is 8.05. The van der Waals surface area contributed by atoms with Gasteiger partial charge in [-0.1, -0.05) is 26.7 Å². The van der Waals surface area contributed by atoms with Gasteiger partial charge in [-0.05, 0) is 38.0 Å². The molecule has 0 aromatic heterocycles. The van der Waals surface area contributed by atoms with Crippen LogP contribution in [0.15, 0.2) is 0 Å². The third-order valence-electron chi connectivity index (χ3n) is 4.74. The van der Waals surface area contributed by atoms with Crippen LogP contribution in [0.1, 0.15) is 52.9 Å². The molecule has 98 valence electrons. The monoisotopic (exact) mass is 238 g/mol. The van der Waals surface area contributed by atoms with E-state index >= 15 is 0 Å². The van der Waals surface area contributed by atoms with E-state index in [9.17, 15) is 4.79 Å². The summed E-state index contributed by atoms with van der Waals surface area (Å²) in [6.45, 7) is 8.16. The van der Waals surface area contributed by atoms with Crippen LogP contribution in [-0.2, 0) is 4.79 Å². The summed E-state index contributed by atoms with van der Waals surface area (Å²) in [6, 6.07) is 0. The second kappa shape index (κ2) is 4.97. The van der Waals surface area contributed by atoms with Crippen molar-refractivity contribution >= 4 is 5.91 Å². The van der Waals surface area contributed by atoms with Gasteiger partial charge in [0.05, 0.1) is 12.2 Å². The van der Waals surface area contributed by atoms with Crippen LogP contribution in [-0.4, -0.2) is 29.6 Å². The molecule has 3 nitrogen and oxygen atoms in total. The normalized spacial score (nSPS) is 38.8. The van der Waals surface area contributed by atoms with Gasteiger partial charge in [0.1, 0.15) is 0 Å². The van der Waals surface area contributed by atoms with Crippen molar-refractivity contribution in [1.29, 1.82) is 0 Å². The number of carbonyl (C=O) groups is 1. The Morgan fingerprint density at radius 3 is 2.53 bits per heavy atom. The lowest BCUT2D eigenvalue weighted by atomic mass is 9.83. The zero-order valence-corrected chi connectivity index (χ0v) is 11.5. The molecule has 2 rings (SSSR count). The van der Waals surface area contributed by atoms with E-state index in [2.05, 4.69) is 19.2 Å². The topological polar surface area (TPSA) is 32.3 Å². The number of carbonyl (C=O) groups excluding carboxylic acids is 1. The molecule has 1 aliphatic heterocycles. The first kappa shape index (κ1) is 12.9. The highest BCUT2D eigenvalue weighted by Gasteiger charge is 2.41. The lowest BCUT2D eigenvalue weighted by Crippen LogP contribution is -2.43. The highest BCUT2D eigenvalue weighted by atomic mass is 16.2. The van der Waals surface area contributed by atoms with Gasteiger partial charge in [0.2, 0.25) is 5.91 Å². The van der Waals surface area contributed by atoms with Crippen molar-refractivity contribution in [3.63, 3.8) is 0 Å². The van der Waals surface area contributed by atoms with Crippen molar-refractivity contribution in [2.45, 2.75) is 58.4 Å². The zero-order chi connectivity index (χ0) is 12.5. The maximum Gasteiger partial charge on any atom is 0.243 e. The second-order valence-corrected chi connectivity index (χ2v) is 6.17. The summed E-state index contributed by atoms with van der Waals surface area (Å²) in [4.78, 5) is 14.3. The van der Waals surface area contributed by atoms with Gasteiger partial charge in [0.15, 0.2) is 0 Å². The molecule has 1 unspecified atom stereocenters. The van der Waals surface area contributed by atoms with Gasteiger partial charge in [-0.15, -0.1) is 0 Å². The Hall–Kier alpha value is -0.570. The SMILES string of the molecule is CCC1(C)NCN(CC2CCC(C)CC2)C1=O. The number of nitrogens with zero attached hydrogens (tertiary/aromatic N) is 1. The van der Waals surface area contributed by atoms with Crippen molar-refractivity contribution in [2.24, 2.45) is 11.8 Å². The molecule has 1 saturated heterocycles. The molecule has 0 radical (unpaired) electrons. The van der Waals surface area contributed by atoms with Crippen molar-refractivity contribution in [2.75, 3.05) is 13.2 Å². The quantitative estimate of drug-likeness (QED) is 0.818. The van der Waals surface area contributed by atoms with E-state index in [0.717, 1.165) is 31.5 Å². The molecule has 1 saturated carbocycles. The molecule has 2 fully saturated rings. The average molecular weight is 238 g/mol. The van der Waals surface area contributed by atoms with Crippen LogP contribution < -0.4 is 5.32 Å². The van der Waals surface area contributed by atoms with Gasteiger partial charge in [0.25, 0.3) is 0 Å². The molecule has 1 atom stereocenters. The van der Waals surface area contributed by atoms with Gasteiger partial charge in [-0.25, -0.2) is 0 Å². The Morgan fingerprint density at radius 2 is 2.00 bits per heavy atom. The van der Waals surface area contributed by atoms with E-state index in [1.54, 1.807) is 0 Å². The summed E-state index contributed by atoms with van der Waals surface area (Å²) < 4.78 is 0. The molecular formula is C14H26N2O. The van der Waals surface area contributed by atoms with E-state index in [0.29, 0.717) is 5.91 Å². The van der Waals surface area contributed by atoms with Crippen molar-refractivity contribution in [1.82, 2.24) is 10.2 Å². The first-order valence-corrected chi connectivity index (χ1v) is 7.09. The summed E-state index contributed by atoms with van der Waals surface area (Å²) in [5, 5.41) is 3.36. The third-order valence-corrected chi connectivity index (χ3v) is 4.74. The van der Waals surface area contributed by atoms with E-state index in [-0.39, 0.29) is 5.54 Å². The Balaban J connectivity index is 1.86. The molecule has 0 bridgehead atoms. The average Bonchev–Trinajstić information content (AvgIpc) is 2.61. The summed E-state index contributed by atoms with van der Waals surface area (Å²) in [6.07, 6.45) is 6.15. The van der Waals surface area contributed by atoms with Gasteiger partial charge in [0, 0.05) is 6.54 Å². The predicted molar refractivity (Wildman–Crippen MR) is 69.5 cm³/mol. The summed E-state index contributed by atoms with van der Waals surface area (Å²) in [7, 11) is 0. The maximum absolute atomic E-state index is 12.3. The van der Waals surface area contributed by atoms with Gasteiger partial charge >= 0.3 is 0 Å². The minimum Gasteiger partial charge on any atom is -0.328 e. The number of rotatable bonds is 3. The molecule has 1 N–H and O–H groups in total. The molecule has 0 aromatic rings. The third kappa shape index (κ3) is 2.65. The van der Waals surface area contributed by atoms with Crippen LogP contribution >= 0.6 is 0 Å². The van der Waals surface area contributed by atoms with Gasteiger partial charge < -0.3 is 4.90 Å². The van der Waals surface area contributed by atoms with Crippen LogP contribution in [0.25, 0.3) is 0 Å². The van der Waals surface area contributed by atoms with Gasteiger partial charge in [-0.3, -0.25) is 10.1 Å². The maximum atomic E-state index is 12.3. The van der Waals surface area contributed by atoms with Crippen LogP contribution in [0.5, 0.6) is 0 Å². The summed E-state index contributed by atoms with van der Waals surface area (Å²) >= 11 is 0. The molecule has 3 heteroatoms. The highest BCUT2D eigenvalue weighted by molar-refractivity contribution is 5.87. The van der Waals surface area contributed by atoms with Crippen LogP contribution in [0.4, 0.5) is 0 Å². The molecule has 2 aliphatic rings. The van der Waals surface area contributed by atoms with Gasteiger partial charge in [-0.2, -0.15) is 0 Å². The van der Waals surface area contributed by atoms with E-state index in [1.165, 1.54) is 25.7 Å². The van der Waals surface area contributed by atoms with E-state index < -0.39 is 0 Å². The molecular weight excluding hydrogens is 212 g/mol. The minimum atomic E-state index is -0.304. The Kier molecular flexibility index (Phi) is 3.76. The van der Waals surface area contributed by atoms with Crippen molar-refractivity contribution in [3.8, 4) is 0 Å². The fourth-order valence-electron chi connectivity index (χ4n) is 3.01. The second-order valence-electron chi connectivity index (χ2n) is 6.17. The number of hydrogen-bond donors (Lipinski definition) is 1. The molecule has 1 heterocycles. The molecule has 1 aliphatic carbocycles. The van der Waals surface area contributed by atoms with Crippen LogP contribution in [0.3, 0.4) is 0 Å². The summed E-state index contributed by atoms with van der Waals surface area (Å²) in [5.74, 6) is 1.93. The number of amides is 1. The molecule has 1 amide bonds. The number of nitrogens with one attached hydrogen (secondary N) is 1. The lowest BCUT2D eigenvalue weighted by Gasteiger charge is -2.30. The summed E-state index contributed by atoms with van der Waals surface area (Å²) in [5.41, 5.74) is -0.304. The van der Waals surface area contributed by atoms with Crippen LogP contribution in [0.2, 0.25) is 0 Å². The fourth-order valence-corrected chi connectivity index (χ4v) is 3.01. The lowest BCUT2D eigenvalue weighted by molar-refractivity contribution is -0.132. The van der Waals surface area contributed by atoms with E-state index in [4.69, 9.17) is 0 Å². The standard InChI is InChI=1S/C14H26N2O/c1-4-14(3)13(17)16(10-15-14)9-12-7-5-11(2)6-8-12/h11-12,15H,4-10H2,1-3H3. The number of hydrogen-bond acceptors (Lipinski definition) is 2. The first-order valence-electron chi connectivity index (χ1n) is 7.09. The molecule has 0 spiro atoms. The van der Waals surface area contributed by atoms with Crippen LogP contribution in [0, 0.1) is 11.8 Å². The zero-order valence-electron chi connectivity index (χ0n) is 11.5. The highest BCUT2D eigenvalue weighted by Crippen LogP contribution is 2.30. The Bertz CT molecular complexity index is 284. The van der Waals surface area contributed by atoms with Crippen molar-refractivity contribution in [3.05, 3.63) is 0 Å². The smallest absolute Gasteiger partial charge is 0.243 e. The largest absolute Gasteiger partial charge is 0.328 e. The van der Waals surface area contributed by atoms with Crippen molar-refractivity contribution < 1.29 is 4.79 Å². The molecule has 17 heavy (non-hydrogen) atoms. The Morgan fingerprint density at radius 1 is 1.35 bits per heavy atom. The Labute approximate surface area is 105 Å². The minimum absolute atomic E-state index is 0.304. The fraction of sp³-hybridized carbons (Fsp3) is 0.929. The van der Waals surface area contributed by atoms with E-state index in [1.807, 2.05) is 11.8 Å². The predicted octanol–water partition coefficient (Wildman–Crippen LogP) is 2.37. The molecule has 0 aromatic carbocycles.